The number of carbonyl (C=O) groups is 1. The lowest BCUT2D eigenvalue weighted by Gasteiger charge is -2.25. The van der Waals surface area contributed by atoms with Gasteiger partial charge in [0.15, 0.2) is 0 Å². The van der Waals surface area contributed by atoms with Gasteiger partial charge in [-0.3, -0.25) is 4.79 Å². The Labute approximate surface area is 119 Å². The molecule has 6 heteroatoms. The van der Waals surface area contributed by atoms with Crippen molar-refractivity contribution in [2.24, 2.45) is 5.73 Å². The zero-order valence-electron chi connectivity index (χ0n) is 10.1. The van der Waals surface area contributed by atoms with Gasteiger partial charge in [-0.1, -0.05) is 18.3 Å². The Balaban J connectivity index is 2.96. The fraction of sp³-hybridized carbons (Fsp3) is 0.333. The predicted octanol–water partition coefficient (Wildman–Crippen LogP) is 2.72. The van der Waals surface area contributed by atoms with Gasteiger partial charge in [0.05, 0.1) is 10.6 Å². The highest BCUT2D eigenvalue weighted by Gasteiger charge is 2.22. The van der Waals surface area contributed by atoms with Crippen molar-refractivity contribution in [2.45, 2.75) is 19.4 Å². The first-order valence-corrected chi connectivity index (χ1v) is 6.54. The maximum atomic E-state index is 13.7. The summed E-state index contributed by atoms with van der Waals surface area (Å²) >= 11 is 7.98. The minimum absolute atomic E-state index is 0.0230. The molecule has 0 aliphatic heterocycles. The minimum Gasteiger partial charge on any atom is -0.393 e. The van der Waals surface area contributed by atoms with Crippen LogP contribution in [0.1, 0.15) is 23.7 Å². The minimum atomic E-state index is -0.552. The summed E-state index contributed by atoms with van der Waals surface area (Å²) in [6.07, 6.45) is 0.406. The van der Waals surface area contributed by atoms with Gasteiger partial charge in [0.25, 0.3) is 5.91 Å². The molecule has 0 aliphatic carbocycles. The van der Waals surface area contributed by atoms with Crippen LogP contribution in [0.15, 0.2) is 22.7 Å². The zero-order chi connectivity index (χ0) is 13.9. The van der Waals surface area contributed by atoms with E-state index in [-0.39, 0.29) is 11.6 Å². The number of rotatable bonds is 4. The SMILES string of the molecule is CC(CC(N)=S)N(C)C(=O)c1c(F)cccc1Br. The number of hydrogen-bond acceptors (Lipinski definition) is 2. The van der Waals surface area contributed by atoms with E-state index in [4.69, 9.17) is 18.0 Å². The summed E-state index contributed by atoms with van der Waals surface area (Å²) in [6, 6.07) is 4.24. The van der Waals surface area contributed by atoms with E-state index in [1.807, 2.05) is 6.92 Å². The number of amides is 1. The molecule has 3 nitrogen and oxygen atoms in total. The van der Waals surface area contributed by atoms with Crippen molar-refractivity contribution in [3.63, 3.8) is 0 Å². The molecule has 0 spiro atoms. The Morgan fingerprint density at radius 3 is 2.72 bits per heavy atom. The van der Waals surface area contributed by atoms with Gasteiger partial charge >= 0.3 is 0 Å². The van der Waals surface area contributed by atoms with Gasteiger partial charge < -0.3 is 10.6 Å². The van der Waals surface area contributed by atoms with Crippen LogP contribution >= 0.6 is 28.1 Å². The van der Waals surface area contributed by atoms with E-state index < -0.39 is 11.7 Å². The Morgan fingerprint density at radius 2 is 2.22 bits per heavy atom. The molecule has 1 aromatic carbocycles. The van der Waals surface area contributed by atoms with E-state index in [1.54, 1.807) is 13.1 Å². The van der Waals surface area contributed by atoms with Crippen LogP contribution < -0.4 is 5.73 Å². The molecule has 0 heterocycles. The van der Waals surface area contributed by atoms with Crippen LogP contribution in [0.2, 0.25) is 0 Å². The van der Waals surface area contributed by atoms with E-state index in [9.17, 15) is 9.18 Å². The highest BCUT2D eigenvalue weighted by Crippen LogP contribution is 2.22. The number of nitrogens with zero attached hydrogens (tertiary/aromatic N) is 1. The maximum absolute atomic E-state index is 13.7. The summed E-state index contributed by atoms with van der Waals surface area (Å²) in [6.45, 7) is 1.81. The summed E-state index contributed by atoms with van der Waals surface area (Å²) in [5.41, 5.74) is 5.46. The standard InChI is InChI=1S/C12H14BrFN2OS/c1-7(6-10(15)18)16(2)12(17)11-8(13)4-3-5-9(11)14/h3-5,7H,6H2,1-2H3,(H2,15,18). The third-order valence-corrected chi connectivity index (χ3v) is 3.48. The highest BCUT2D eigenvalue weighted by atomic mass is 79.9. The van der Waals surface area contributed by atoms with Gasteiger partial charge in [-0.2, -0.15) is 0 Å². The predicted molar refractivity (Wildman–Crippen MR) is 77.1 cm³/mol. The summed E-state index contributed by atoms with van der Waals surface area (Å²) in [7, 11) is 1.60. The lowest BCUT2D eigenvalue weighted by atomic mass is 10.1. The van der Waals surface area contributed by atoms with Crippen LogP contribution in [-0.2, 0) is 0 Å². The van der Waals surface area contributed by atoms with Crippen molar-refractivity contribution in [1.82, 2.24) is 4.90 Å². The fourth-order valence-corrected chi connectivity index (χ4v) is 2.26. The Hall–Kier alpha value is -1.01. The summed E-state index contributed by atoms with van der Waals surface area (Å²) in [5.74, 6) is -0.951. The summed E-state index contributed by atoms with van der Waals surface area (Å²) in [5, 5.41) is 0. The van der Waals surface area contributed by atoms with Gasteiger partial charge in [-0.05, 0) is 35.0 Å². The van der Waals surface area contributed by atoms with Crippen LogP contribution in [0, 0.1) is 5.82 Å². The Morgan fingerprint density at radius 1 is 1.61 bits per heavy atom. The molecule has 2 N–H and O–H groups in total. The van der Waals surface area contributed by atoms with Gasteiger partial charge in [0, 0.05) is 24.0 Å². The van der Waals surface area contributed by atoms with E-state index in [0.717, 1.165) is 0 Å². The molecule has 0 aromatic heterocycles. The number of benzene rings is 1. The zero-order valence-corrected chi connectivity index (χ0v) is 12.5. The fourth-order valence-electron chi connectivity index (χ4n) is 1.51. The third kappa shape index (κ3) is 3.49. The van der Waals surface area contributed by atoms with Crippen LogP contribution in [0.3, 0.4) is 0 Å². The van der Waals surface area contributed by atoms with Crippen molar-refractivity contribution in [3.05, 3.63) is 34.1 Å². The summed E-state index contributed by atoms with van der Waals surface area (Å²) in [4.78, 5) is 13.9. The first kappa shape index (κ1) is 15.0. The largest absolute Gasteiger partial charge is 0.393 e. The first-order valence-electron chi connectivity index (χ1n) is 5.34. The first-order chi connectivity index (χ1) is 8.34. The van der Waals surface area contributed by atoms with Gasteiger partial charge in [-0.15, -0.1) is 0 Å². The van der Waals surface area contributed by atoms with E-state index >= 15 is 0 Å². The molecule has 98 valence electrons. The van der Waals surface area contributed by atoms with Crippen molar-refractivity contribution in [3.8, 4) is 0 Å². The molecular weight excluding hydrogens is 319 g/mol. The number of thiocarbonyl (C=S) groups is 1. The Bertz CT molecular complexity index is 461. The topological polar surface area (TPSA) is 46.3 Å². The molecule has 0 radical (unpaired) electrons. The lowest BCUT2D eigenvalue weighted by molar-refractivity contribution is 0.0742. The summed E-state index contributed by atoms with van der Waals surface area (Å²) < 4.78 is 14.1. The molecule has 1 rings (SSSR count). The third-order valence-electron chi connectivity index (χ3n) is 2.65. The van der Waals surface area contributed by atoms with Gasteiger partial charge in [-0.25, -0.2) is 4.39 Å². The van der Waals surface area contributed by atoms with Crippen molar-refractivity contribution >= 4 is 39.0 Å². The Kier molecular flexibility index (Phi) is 5.22. The van der Waals surface area contributed by atoms with Crippen LogP contribution in [0.25, 0.3) is 0 Å². The van der Waals surface area contributed by atoms with Crippen molar-refractivity contribution in [1.29, 1.82) is 0 Å². The second-order valence-electron chi connectivity index (χ2n) is 4.03. The van der Waals surface area contributed by atoms with Crippen LogP contribution in [0.5, 0.6) is 0 Å². The van der Waals surface area contributed by atoms with Crippen molar-refractivity contribution < 1.29 is 9.18 Å². The molecule has 0 bridgehead atoms. The second-order valence-corrected chi connectivity index (χ2v) is 5.41. The number of carbonyl (C=O) groups excluding carboxylic acids is 1. The quantitative estimate of drug-likeness (QED) is 0.862. The number of halogens is 2. The van der Waals surface area contributed by atoms with Crippen LogP contribution in [-0.4, -0.2) is 28.9 Å². The molecule has 1 aromatic rings. The van der Waals surface area contributed by atoms with E-state index in [2.05, 4.69) is 15.9 Å². The molecule has 1 amide bonds. The molecule has 0 saturated carbocycles. The lowest BCUT2D eigenvalue weighted by Crippen LogP contribution is -2.38. The highest BCUT2D eigenvalue weighted by molar-refractivity contribution is 9.10. The van der Waals surface area contributed by atoms with Crippen LogP contribution in [0.4, 0.5) is 4.39 Å². The molecule has 0 saturated heterocycles. The molecule has 0 aliphatic rings. The molecule has 1 atom stereocenters. The number of hydrogen-bond donors (Lipinski definition) is 1. The van der Waals surface area contributed by atoms with E-state index in [1.165, 1.54) is 17.0 Å². The van der Waals surface area contributed by atoms with E-state index in [0.29, 0.717) is 15.9 Å². The molecule has 18 heavy (non-hydrogen) atoms. The molecule has 0 fully saturated rings. The number of nitrogens with two attached hydrogens (primary N) is 1. The monoisotopic (exact) mass is 332 g/mol. The van der Waals surface area contributed by atoms with Gasteiger partial charge in [0.1, 0.15) is 5.82 Å². The maximum Gasteiger partial charge on any atom is 0.257 e. The average molecular weight is 333 g/mol. The average Bonchev–Trinajstić information content (AvgIpc) is 2.26. The van der Waals surface area contributed by atoms with Crippen molar-refractivity contribution in [2.75, 3.05) is 7.05 Å². The van der Waals surface area contributed by atoms with Gasteiger partial charge in [0.2, 0.25) is 0 Å². The molecule has 1 unspecified atom stereocenters. The second kappa shape index (κ2) is 6.24. The molecular formula is C12H14BrFN2OS. The smallest absolute Gasteiger partial charge is 0.257 e. The normalized spacial score (nSPS) is 12.0.